The summed E-state index contributed by atoms with van der Waals surface area (Å²) in [5.41, 5.74) is 2.51. The maximum atomic E-state index is 11.5. The van der Waals surface area contributed by atoms with Gasteiger partial charge >= 0.3 is 5.97 Å². The molecule has 0 saturated carbocycles. The Morgan fingerprint density at radius 2 is 2.29 bits per heavy atom. The smallest absolute Gasteiger partial charge is 0.339 e. The van der Waals surface area contributed by atoms with Gasteiger partial charge in [-0.1, -0.05) is 29.8 Å². The Balaban J connectivity index is 2.59. The van der Waals surface area contributed by atoms with Crippen LogP contribution in [0.3, 0.4) is 0 Å². The van der Waals surface area contributed by atoms with Crippen LogP contribution < -0.4 is 0 Å². The second-order valence-corrected chi connectivity index (χ2v) is 3.50. The van der Waals surface area contributed by atoms with Gasteiger partial charge in [-0.3, -0.25) is 0 Å². The van der Waals surface area contributed by atoms with E-state index in [-0.39, 0.29) is 5.97 Å². The summed E-state index contributed by atoms with van der Waals surface area (Å²) in [6, 6.07) is 3.63. The van der Waals surface area contributed by atoms with Crippen LogP contribution in [0.15, 0.2) is 18.2 Å². The van der Waals surface area contributed by atoms with Crippen molar-refractivity contribution in [2.45, 2.75) is 6.42 Å². The van der Waals surface area contributed by atoms with Gasteiger partial charge in [-0.2, -0.15) is 0 Å². The summed E-state index contributed by atoms with van der Waals surface area (Å²) < 4.78 is 4.69. The van der Waals surface area contributed by atoms with E-state index < -0.39 is 0 Å². The van der Waals surface area contributed by atoms with Crippen LogP contribution in [-0.2, 0) is 11.2 Å². The van der Waals surface area contributed by atoms with Gasteiger partial charge < -0.3 is 4.74 Å². The number of esters is 1. The summed E-state index contributed by atoms with van der Waals surface area (Å²) in [4.78, 5) is 11.5. The number of carbonyl (C=O) groups excluding carboxylic acids is 1. The van der Waals surface area contributed by atoms with Gasteiger partial charge in [0.25, 0.3) is 0 Å². The van der Waals surface area contributed by atoms with Crippen LogP contribution in [0.5, 0.6) is 0 Å². The maximum Gasteiger partial charge on any atom is 0.339 e. The first-order chi connectivity index (χ1) is 6.74. The SMILES string of the molecule is COC(=O)c1c(Cl)ccc2c1CC=C2. The molecular formula is C11H9ClO2. The fourth-order valence-corrected chi connectivity index (χ4v) is 1.89. The molecule has 2 nitrogen and oxygen atoms in total. The minimum absolute atomic E-state index is 0.365. The third-order valence-corrected chi connectivity index (χ3v) is 2.62. The van der Waals surface area contributed by atoms with E-state index in [1.807, 2.05) is 18.2 Å². The van der Waals surface area contributed by atoms with Gasteiger partial charge in [0.1, 0.15) is 0 Å². The molecule has 0 radical (unpaired) electrons. The summed E-state index contributed by atoms with van der Waals surface area (Å²) in [6.07, 6.45) is 4.74. The lowest BCUT2D eigenvalue weighted by Gasteiger charge is -2.08. The highest BCUT2D eigenvalue weighted by Gasteiger charge is 2.19. The van der Waals surface area contributed by atoms with Crippen LogP contribution in [0.2, 0.25) is 5.02 Å². The average Bonchev–Trinajstić information content (AvgIpc) is 2.64. The van der Waals surface area contributed by atoms with Crippen LogP contribution in [0.1, 0.15) is 21.5 Å². The quantitative estimate of drug-likeness (QED) is 0.664. The molecule has 3 heteroatoms. The summed E-state index contributed by atoms with van der Waals surface area (Å²) in [7, 11) is 1.36. The predicted molar refractivity (Wildman–Crippen MR) is 55.5 cm³/mol. The monoisotopic (exact) mass is 208 g/mol. The number of halogens is 1. The van der Waals surface area contributed by atoms with Crippen molar-refractivity contribution in [1.29, 1.82) is 0 Å². The molecule has 14 heavy (non-hydrogen) atoms. The van der Waals surface area contributed by atoms with E-state index in [1.54, 1.807) is 6.07 Å². The topological polar surface area (TPSA) is 26.3 Å². The maximum absolute atomic E-state index is 11.5. The number of carbonyl (C=O) groups is 1. The van der Waals surface area contributed by atoms with Crippen molar-refractivity contribution >= 4 is 23.6 Å². The van der Waals surface area contributed by atoms with Crippen LogP contribution in [-0.4, -0.2) is 13.1 Å². The number of benzene rings is 1. The zero-order valence-electron chi connectivity index (χ0n) is 7.71. The Labute approximate surface area is 87.1 Å². The summed E-state index contributed by atoms with van der Waals surface area (Å²) in [5, 5.41) is 0.458. The molecule has 0 saturated heterocycles. The molecule has 0 fully saturated rings. The van der Waals surface area contributed by atoms with Crippen molar-refractivity contribution in [2.75, 3.05) is 7.11 Å². The molecule has 0 atom stereocenters. The highest BCUT2D eigenvalue weighted by atomic mass is 35.5. The number of methoxy groups -OCH3 is 1. The van der Waals surface area contributed by atoms with Crippen LogP contribution in [0.25, 0.3) is 6.08 Å². The Hall–Kier alpha value is -1.28. The lowest BCUT2D eigenvalue weighted by molar-refractivity contribution is 0.0600. The number of hydrogen-bond acceptors (Lipinski definition) is 2. The van der Waals surface area contributed by atoms with Crippen molar-refractivity contribution < 1.29 is 9.53 Å². The fourth-order valence-electron chi connectivity index (χ4n) is 1.64. The van der Waals surface area contributed by atoms with Crippen LogP contribution in [0, 0.1) is 0 Å². The van der Waals surface area contributed by atoms with E-state index >= 15 is 0 Å². The molecule has 2 rings (SSSR count). The number of rotatable bonds is 1. The number of ether oxygens (including phenoxy) is 1. The van der Waals surface area contributed by atoms with Crippen LogP contribution in [0.4, 0.5) is 0 Å². The number of fused-ring (bicyclic) bond motifs is 1. The number of allylic oxidation sites excluding steroid dienone is 1. The van der Waals surface area contributed by atoms with E-state index in [0.29, 0.717) is 10.6 Å². The first-order valence-electron chi connectivity index (χ1n) is 4.30. The fraction of sp³-hybridized carbons (Fsp3) is 0.182. The molecule has 0 N–H and O–H groups in total. The van der Waals surface area contributed by atoms with Crippen molar-refractivity contribution in [1.82, 2.24) is 0 Å². The third-order valence-electron chi connectivity index (χ3n) is 2.31. The van der Waals surface area contributed by atoms with E-state index in [4.69, 9.17) is 16.3 Å². The first-order valence-corrected chi connectivity index (χ1v) is 4.68. The first kappa shape index (κ1) is 9.28. The Kier molecular flexibility index (Phi) is 2.30. The minimum Gasteiger partial charge on any atom is -0.465 e. The lowest BCUT2D eigenvalue weighted by Crippen LogP contribution is -2.06. The summed E-state index contributed by atoms with van der Waals surface area (Å²) in [6.45, 7) is 0. The van der Waals surface area contributed by atoms with Gasteiger partial charge in [0.05, 0.1) is 17.7 Å². The highest BCUT2D eigenvalue weighted by Crippen LogP contribution is 2.29. The highest BCUT2D eigenvalue weighted by molar-refractivity contribution is 6.33. The van der Waals surface area contributed by atoms with Gasteiger partial charge in [0, 0.05) is 0 Å². The molecule has 1 aromatic rings. The third kappa shape index (κ3) is 1.32. The zero-order valence-corrected chi connectivity index (χ0v) is 8.47. The lowest BCUT2D eigenvalue weighted by atomic mass is 10.0. The standard InChI is InChI=1S/C11H9ClO2/c1-14-11(13)10-8-4-2-3-7(8)5-6-9(10)12/h2-3,5-6H,4H2,1H3. The van der Waals surface area contributed by atoms with Gasteiger partial charge in [-0.05, 0) is 23.6 Å². The molecule has 1 aliphatic rings. The molecular weight excluding hydrogens is 200 g/mol. The van der Waals surface area contributed by atoms with Gasteiger partial charge in [0.2, 0.25) is 0 Å². The predicted octanol–water partition coefficient (Wildman–Crippen LogP) is 2.70. The molecule has 0 heterocycles. The summed E-state index contributed by atoms with van der Waals surface area (Å²) in [5.74, 6) is -0.365. The second-order valence-electron chi connectivity index (χ2n) is 3.09. The molecule has 0 bridgehead atoms. The largest absolute Gasteiger partial charge is 0.465 e. The molecule has 72 valence electrons. The Morgan fingerprint density at radius 3 is 3.00 bits per heavy atom. The van der Waals surface area contributed by atoms with Gasteiger partial charge in [-0.15, -0.1) is 0 Å². The average molecular weight is 209 g/mol. The Morgan fingerprint density at radius 1 is 1.50 bits per heavy atom. The van der Waals surface area contributed by atoms with Gasteiger partial charge in [-0.25, -0.2) is 4.79 Å². The van der Waals surface area contributed by atoms with E-state index in [0.717, 1.165) is 17.5 Å². The van der Waals surface area contributed by atoms with Crippen molar-refractivity contribution in [3.05, 3.63) is 39.9 Å². The van der Waals surface area contributed by atoms with E-state index in [9.17, 15) is 4.79 Å². The van der Waals surface area contributed by atoms with Crippen molar-refractivity contribution in [3.63, 3.8) is 0 Å². The van der Waals surface area contributed by atoms with E-state index in [2.05, 4.69) is 0 Å². The molecule has 0 amide bonds. The molecule has 0 aromatic heterocycles. The molecule has 1 aliphatic carbocycles. The Bertz CT molecular complexity index is 422. The molecule has 1 aromatic carbocycles. The van der Waals surface area contributed by atoms with Crippen molar-refractivity contribution in [2.24, 2.45) is 0 Å². The minimum atomic E-state index is -0.365. The molecule has 0 spiro atoms. The summed E-state index contributed by atoms with van der Waals surface area (Å²) >= 11 is 5.95. The van der Waals surface area contributed by atoms with E-state index in [1.165, 1.54) is 7.11 Å². The van der Waals surface area contributed by atoms with Crippen LogP contribution >= 0.6 is 11.6 Å². The van der Waals surface area contributed by atoms with Crippen molar-refractivity contribution in [3.8, 4) is 0 Å². The zero-order chi connectivity index (χ0) is 10.1. The second kappa shape index (κ2) is 3.46. The number of hydrogen-bond donors (Lipinski definition) is 0. The molecule has 0 aliphatic heterocycles. The molecule has 0 unspecified atom stereocenters. The van der Waals surface area contributed by atoms with Gasteiger partial charge in [0.15, 0.2) is 0 Å². The normalized spacial score (nSPS) is 12.7.